The molecule has 0 bridgehead atoms. The molecule has 0 heterocycles. The first-order chi connectivity index (χ1) is 3.69. The van der Waals surface area contributed by atoms with Gasteiger partial charge in [-0.3, -0.25) is 0 Å². The fourth-order valence-corrected chi connectivity index (χ4v) is 1.67. The van der Waals surface area contributed by atoms with Crippen molar-refractivity contribution in [2.45, 2.75) is 25.4 Å². The molecule has 2 atom stereocenters. The summed E-state index contributed by atoms with van der Waals surface area (Å²) in [6.45, 7) is 2.09. The Morgan fingerprint density at radius 3 is 2.50 bits per heavy atom. The Morgan fingerprint density at radius 1 is 1.88 bits per heavy atom. The molecule has 1 saturated carbocycles. The number of hydrogen-bond acceptors (Lipinski definition) is 1. The highest BCUT2D eigenvalue weighted by atomic mass is 79.9. The summed E-state index contributed by atoms with van der Waals surface area (Å²) in [5.41, 5.74) is -0.288. The molecule has 0 aromatic rings. The van der Waals surface area contributed by atoms with Crippen LogP contribution in [0.15, 0.2) is 0 Å². The molecule has 8 heavy (non-hydrogen) atoms. The average molecular weight is 179 g/mol. The van der Waals surface area contributed by atoms with Crippen molar-refractivity contribution in [3.05, 3.63) is 0 Å². The Balaban J connectivity index is 2.25. The summed E-state index contributed by atoms with van der Waals surface area (Å²) in [6, 6.07) is 0. The highest BCUT2D eigenvalue weighted by Gasteiger charge is 2.48. The third-order valence-corrected chi connectivity index (χ3v) is 2.34. The lowest BCUT2D eigenvalue weighted by molar-refractivity contribution is 0.132. The second-order valence-corrected chi connectivity index (χ2v) is 3.44. The zero-order valence-electron chi connectivity index (χ0n) is 5.02. The topological polar surface area (TPSA) is 20.2 Å². The molecule has 48 valence electrons. The van der Waals surface area contributed by atoms with Crippen LogP contribution in [0, 0.1) is 5.92 Å². The fraction of sp³-hybridized carbons (Fsp3) is 1.00. The first-order valence-corrected chi connectivity index (χ1v) is 4.09. The van der Waals surface area contributed by atoms with Crippen LogP contribution >= 0.6 is 15.9 Å². The Hall–Kier alpha value is 0.440. The van der Waals surface area contributed by atoms with Crippen LogP contribution in [0.3, 0.4) is 0 Å². The van der Waals surface area contributed by atoms with Crippen molar-refractivity contribution in [3.63, 3.8) is 0 Å². The zero-order chi connectivity index (χ0) is 6.20. The van der Waals surface area contributed by atoms with E-state index in [1.165, 1.54) is 0 Å². The summed E-state index contributed by atoms with van der Waals surface area (Å²) in [6.07, 6.45) is 1.91. The second kappa shape index (κ2) is 1.99. The molecule has 0 aromatic heterocycles. The Morgan fingerprint density at radius 2 is 2.38 bits per heavy atom. The third-order valence-electron chi connectivity index (χ3n) is 1.94. The fourth-order valence-electron chi connectivity index (χ4n) is 0.983. The second-order valence-electron chi connectivity index (χ2n) is 2.65. The molecule has 0 aromatic carbocycles. The lowest BCUT2D eigenvalue weighted by Gasteiger charge is -2.03. The number of rotatable bonds is 2. The smallest absolute Gasteiger partial charge is 0.0685 e. The molecule has 2 unspecified atom stereocenters. The molecule has 0 saturated heterocycles. The van der Waals surface area contributed by atoms with E-state index in [2.05, 4.69) is 22.9 Å². The van der Waals surface area contributed by atoms with Crippen LogP contribution in [0.5, 0.6) is 0 Å². The highest BCUT2D eigenvalue weighted by Crippen LogP contribution is 2.45. The Labute approximate surface area is 58.2 Å². The molecular weight excluding hydrogens is 168 g/mol. The van der Waals surface area contributed by atoms with Gasteiger partial charge in [-0.15, -0.1) is 0 Å². The minimum Gasteiger partial charge on any atom is -0.390 e. The lowest BCUT2D eigenvalue weighted by atomic mass is 10.2. The normalized spacial score (nSPS) is 44.6. The molecule has 0 amide bonds. The molecular formula is C6H11BrO. The summed E-state index contributed by atoms with van der Waals surface area (Å²) in [4.78, 5) is 0. The predicted molar refractivity (Wildman–Crippen MR) is 37.1 cm³/mol. The van der Waals surface area contributed by atoms with Crippen molar-refractivity contribution in [2.24, 2.45) is 5.92 Å². The van der Waals surface area contributed by atoms with Crippen LogP contribution in [0.25, 0.3) is 0 Å². The van der Waals surface area contributed by atoms with E-state index in [4.69, 9.17) is 0 Å². The van der Waals surface area contributed by atoms with Gasteiger partial charge < -0.3 is 5.11 Å². The Kier molecular flexibility index (Phi) is 1.63. The van der Waals surface area contributed by atoms with Gasteiger partial charge in [0.1, 0.15) is 0 Å². The maximum atomic E-state index is 9.37. The van der Waals surface area contributed by atoms with E-state index in [1.807, 2.05) is 0 Å². The van der Waals surface area contributed by atoms with Crippen molar-refractivity contribution < 1.29 is 5.11 Å². The van der Waals surface area contributed by atoms with Gasteiger partial charge in [-0.05, 0) is 18.8 Å². The van der Waals surface area contributed by atoms with Gasteiger partial charge in [-0.2, -0.15) is 0 Å². The average Bonchev–Trinajstić information content (AvgIpc) is 2.16. The maximum Gasteiger partial charge on any atom is 0.0685 e. The summed E-state index contributed by atoms with van der Waals surface area (Å²) < 4.78 is 0. The van der Waals surface area contributed by atoms with Crippen LogP contribution in [0.1, 0.15) is 19.8 Å². The summed E-state index contributed by atoms with van der Waals surface area (Å²) in [5.74, 6) is 0.542. The van der Waals surface area contributed by atoms with E-state index in [9.17, 15) is 5.11 Å². The summed E-state index contributed by atoms with van der Waals surface area (Å²) in [5, 5.41) is 10.3. The predicted octanol–water partition coefficient (Wildman–Crippen LogP) is 1.54. The van der Waals surface area contributed by atoms with Gasteiger partial charge in [0.25, 0.3) is 0 Å². The molecule has 0 aliphatic heterocycles. The monoisotopic (exact) mass is 178 g/mol. The number of aliphatic hydroxyl groups is 1. The van der Waals surface area contributed by atoms with Crippen molar-refractivity contribution in [1.82, 2.24) is 0 Å². The van der Waals surface area contributed by atoms with E-state index >= 15 is 0 Å². The van der Waals surface area contributed by atoms with Gasteiger partial charge in [-0.1, -0.05) is 22.9 Å². The molecule has 1 rings (SSSR count). The zero-order valence-corrected chi connectivity index (χ0v) is 6.61. The van der Waals surface area contributed by atoms with Crippen LogP contribution in [0.2, 0.25) is 0 Å². The first kappa shape index (κ1) is 6.56. The highest BCUT2D eigenvalue weighted by molar-refractivity contribution is 9.09. The molecule has 1 aliphatic rings. The van der Waals surface area contributed by atoms with E-state index in [-0.39, 0.29) is 5.60 Å². The van der Waals surface area contributed by atoms with E-state index in [0.717, 1.165) is 18.2 Å². The van der Waals surface area contributed by atoms with Gasteiger partial charge in [-0.25, -0.2) is 0 Å². The number of alkyl halides is 1. The maximum absolute atomic E-state index is 9.37. The molecule has 1 fully saturated rings. The Bertz CT molecular complexity index is 94.5. The largest absolute Gasteiger partial charge is 0.390 e. The van der Waals surface area contributed by atoms with Gasteiger partial charge >= 0.3 is 0 Å². The third kappa shape index (κ3) is 1.06. The molecule has 2 heteroatoms. The van der Waals surface area contributed by atoms with E-state index in [0.29, 0.717) is 5.92 Å². The van der Waals surface area contributed by atoms with Gasteiger partial charge in [0.2, 0.25) is 0 Å². The van der Waals surface area contributed by atoms with Gasteiger partial charge in [0, 0.05) is 5.33 Å². The number of halogens is 1. The van der Waals surface area contributed by atoms with Crippen LogP contribution in [-0.2, 0) is 0 Å². The van der Waals surface area contributed by atoms with Crippen molar-refractivity contribution in [1.29, 1.82) is 0 Å². The SMILES string of the molecule is CC1CC1(O)CCBr. The van der Waals surface area contributed by atoms with E-state index < -0.39 is 0 Å². The quantitative estimate of drug-likeness (QED) is 0.637. The van der Waals surface area contributed by atoms with Crippen LogP contribution < -0.4 is 0 Å². The summed E-state index contributed by atoms with van der Waals surface area (Å²) >= 11 is 3.29. The van der Waals surface area contributed by atoms with Crippen LogP contribution in [0.4, 0.5) is 0 Å². The standard InChI is InChI=1S/C6H11BrO/c1-5-4-6(5,8)2-3-7/h5,8H,2-4H2,1H3. The first-order valence-electron chi connectivity index (χ1n) is 2.97. The van der Waals surface area contributed by atoms with E-state index in [1.54, 1.807) is 0 Å². The van der Waals surface area contributed by atoms with Crippen molar-refractivity contribution >= 4 is 15.9 Å². The van der Waals surface area contributed by atoms with Gasteiger partial charge in [0.15, 0.2) is 0 Å². The molecule has 1 N–H and O–H groups in total. The molecule has 1 aliphatic carbocycles. The van der Waals surface area contributed by atoms with Crippen molar-refractivity contribution in [2.75, 3.05) is 5.33 Å². The minimum absolute atomic E-state index is 0.288. The van der Waals surface area contributed by atoms with Crippen molar-refractivity contribution in [3.8, 4) is 0 Å². The number of hydrogen-bond donors (Lipinski definition) is 1. The van der Waals surface area contributed by atoms with Gasteiger partial charge in [0.05, 0.1) is 5.60 Å². The molecule has 1 nitrogen and oxygen atoms in total. The lowest BCUT2D eigenvalue weighted by Crippen LogP contribution is -2.09. The minimum atomic E-state index is -0.288. The van der Waals surface area contributed by atoms with Crippen LogP contribution in [-0.4, -0.2) is 16.0 Å². The molecule has 0 spiro atoms. The summed E-state index contributed by atoms with van der Waals surface area (Å²) in [7, 11) is 0. The molecule has 0 radical (unpaired) electrons.